The first-order chi connectivity index (χ1) is 15.2. The molecule has 1 aromatic heterocycles. The zero-order valence-electron chi connectivity index (χ0n) is 16.7. The van der Waals surface area contributed by atoms with Crippen LogP contribution in [0.3, 0.4) is 0 Å². The van der Waals surface area contributed by atoms with Crippen molar-refractivity contribution < 1.29 is 27.9 Å². The van der Waals surface area contributed by atoms with E-state index in [1.165, 1.54) is 19.2 Å². The lowest BCUT2D eigenvalue weighted by Gasteiger charge is -2.16. The van der Waals surface area contributed by atoms with Crippen LogP contribution >= 0.6 is 22.9 Å². The molecular formula is C22H18ClNO6S2. The van der Waals surface area contributed by atoms with E-state index >= 15 is 0 Å². The van der Waals surface area contributed by atoms with Gasteiger partial charge < -0.3 is 9.84 Å². The molecule has 0 spiro atoms. The number of carboxylic acid groups (broad SMARTS) is 1. The molecule has 1 aliphatic carbocycles. The first-order valence-corrected chi connectivity index (χ1v) is 12.2. The maximum Gasteiger partial charge on any atom is 0.338 e. The van der Waals surface area contributed by atoms with E-state index in [1.807, 2.05) is 0 Å². The number of thiophene rings is 1. The maximum atomic E-state index is 13.1. The molecule has 166 valence electrons. The van der Waals surface area contributed by atoms with E-state index in [4.69, 9.17) is 16.3 Å². The van der Waals surface area contributed by atoms with Crippen LogP contribution in [0.1, 0.15) is 28.3 Å². The van der Waals surface area contributed by atoms with Gasteiger partial charge in [-0.3, -0.25) is 4.79 Å². The predicted molar refractivity (Wildman–Crippen MR) is 121 cm³/mol. The molecule has 10 heteroatoms. The average molecular weight is 492 g/mol. The van der Waals surface area contributed by atoms with Crippen molar-refractivity contribution in [3.05, 3.63) is 76.8 Å². The quantitative estimate of drug-likeness (QED) is 0.480. The van der Waals surface area contributed by atoms with Crippen LogP contribution < -0.4 is 4.72 Å². The number of methoxy groups -OCH3 is 1. The average Bonchev–Trinajstić information content (AvgIpc) is 3.26. The third kappa shape index (κ3) is 4.04. The maximum absolute atomic E-state index is 13.1. The van der Waals surface area contributed by atoms with Crippen molar-refractivity contribution in [1.82, 2.24) is 4.72 Å². The second kappa shape index (κ2) is 8.32. The van der Waals surface area contributed by atoms with Gasteiger partial charge in [-0.15, -0.1) is 11.3 Å². The molecule has 0 radical (unpaired) electrons. The molecule has 0 bridgehead atoms. The zero-order chi connectivity index (χ0) is 23.1. The standard InChI is InChI=1S/C22H18ClNO6S2/c1-30-20(25)16-5-3-2-4-15(16)17-12-22(17,21(26)27)24-32(28,29)19-11-10-18(31-19)13-6-8-14(23)9-7-13/h2-11,17,24H,12H2,1H3,(H,26,27)/t17-,22+/m1/s1. The fourth-order valence-electron chi connectivity index (χ4n) is 3.65. The van der Waals surface area contributed by atoms with Crippen molar-refractivity contribution in [3.8, 4) is 10.4 Å². The molecule has 1 fully saturated rings. The summed E-state index contributed by atoms with van der Waals surface area (Å²) in [7, 11) is -2.90. The Balaban J connectivity index is 1.63. The van der Waals surface area contributed by atoms with Gasteiger partial charge in [0.2, 0.25) is 0 Å². The molecular weight excluding hydrogens is 474 g/mol. The number of carbonyl (C=O) groups is 2. The van der Waals surface area contributed by atoms with Crippen LogP contribution in [0.15, 0.2) is 64.9 Å². The molecule has 2 atom stereocenters. The Morgan fingerprint density at radius 2 is 1.81 bits per heavy atom. The summed E-state index contributed by atoms with van der Waals surface area (Å²) in [6.45, 7) is 0. The highest BCUT2D eigenvalue weighted by Gasteiger charge is 2.64. The molecule has 0 aliphatic heterocycles. The molecule has 1 heterocycles. The third-order valence-electron chi connectivity index (χ3n) is 5.38. The summed E-state index contributed by atoms with van der Waals surface area (Å²) in [6.07, 6.45) is 0.0188. The van der Waals surface area contributed by atoms with Gasteiger partial charge in [-0.05, 0) is 47.9 Å². The predicted octanol–water partition coefficient (Wildman–Crippen LogP) is 4.14. The van der Waals surface area contributed by atoms with E-state index < -0.39 is 33.4 Å². The van der Waals surface area contributed by atoms with Gasteiger partial charge in [-0.2, -0.15) is 4.72 Å². The molecule has 2 aromatic carbocycles. The van der Waals surface area contributed by atoms with Gasteiger partial charge in [0.15, 0.2) is 0 Å². The fourth-order valence-corrected chi connectivity index (χ4v) is 6.49. The molecule has 7 nitrogen and oxygen atoms in total. The summed E-state index contributed by atoms with van der Waals surface area (Å²) in [5.74, 6) is -2.62. The van der Waals surface area contributed by atoms with E-state index in [0.717, 1.165) is 16.9 Å². The Kier molecular flexibility index (Phi) is 5.85. The van der Waals surface area contributed by atoms with Gasteiger partial charge >= 0.3 is 11.9 Å². The second-order valence-corrected chi connectivity index (χ2v) is 10.8. The lowest BCUT2D eigenvalue weighted by Crippen LogP contribution is -2.44. The van der Waals surface area contributed by atoms with E-state index in [-0.39, 0.29) is 16.2 Å². The van der Waals surface area contributed by atoms with Crippen molar-refractivity contribution in [2.45, 2.75) is 22.1 Å². The Bertz CT molecular complexity index is 1300. The van der Waals surface area contributed by atoms with Crippen molar-refractivity contribution >= 4 is 44.9 Å². The number of carboxylic acids is 1. The molecule has 0 amide bonds. The first kappa shape index (κ1) is 22.5. The molecule has 1 saturated carbocycles. The Morgan fingerprint density at radius 3 is 2.47 bits per heavy atom. The first-order valence-electron chi connectivity index (χ1n) is 9.48. The van der Waals surface area contributed by atoms with E-state index in [1.54, 1.807) is 48.5 Å². The van der Waals surface area contributed by atoms with Crippen LogP contribution in [0.25, 0.3) is 10.4 Å². The molecule has 4 rings (SSSR count). The van der Waals surface area contributed by atoms with Crippen molar-refractivity contribution in [1.29, 1.82) is 0 Å². The van der Waals surface area contributed by atoms with Crippen LogP contribution in [0.2, 0.25) is 5.02 Å². The van der Waals surface area contributed by atoms with Crippen LogP contribution in [0.5, 0.6) is 0 Å². The summed E-state index contributed by atoms with van der Waals surface area (Å²) in [5, 5.41) is 10.5. The van der Waals surface area contributed by atoms with Crippen LogP contribution in [0, 0.1) is 0 Å². The number of hydrogen-bond acceptors (Lipinski definition) is 6. The molecule has 3 aromatic rings. The van der Waals surface area contributed by atoms with Gasteiger partial charge in [0.05, 0.1) is 12.7 Å². The molecule has 32 heavy (non-hydrogen) atoms. The minimum atomic E-state index is -4.13. The number of aliphatic carboxylic acids is 1. The molecule has 0 saturated heterocycles. The SMILES string of the molecule is COC(=O)c1ccccc1[C@H]1C[C@@]1(NS(=O)(=O)c1ccc(-c2ccc(Cl)cc2)s1)C(=O)O. The minimum Gasteiger partial charge on any atom is -0.480 e. The van der Waals surface area contributed by atoms with E-state index in [0.29, 0.717) is 15.5 Å². The summed E-state index contributed by atoms with van der Waals surface area (Å²) < 4.78 is 33.3. The summed E-state index contributed by atoms with van der Waals surface area (Å²) in [5.41, 5.74) is -0.307. The number of sulfonamides is 1. The highest BCUT2D eigenvalue weighted by Crippen LogP contribution is 2.53. The number of nitrogens with one attached hydrogen (secondary N) is 1. The number of halogens is 1. The third-order valence-corrected chi connectivity index (χ3v) is 8.76. The number of esters is 1. The topological polar surface area (TPSA) is 110 Å². The summed E-state index contributed by atoms with van der Waals surface area (Å²) >= 11 is 6.93. The van der Waals surface area contributed by atoms with Crippen molar-refractivity contribution in [2.24, 2.45) is 0 Å². The molecule has 2 N–H and O–H groups in total. The van der Waals surface area contributed by atoms with Crippen LogP contribution in [0.4, 0.5) is 0 Å². The van der Waals surface area contributed by atoms with Crippen LogP contribution in [-0.4, -0.2) is 38.1 Å². The Morgan fingerprint density at radius 1 is 1.12 bits per heavy atom. The van der Waals surface area contributed by atoms with Crippen molar-refractivity contribution in [2.75, 3.05) is 7.11 Å². The summed E-state index contributed by atoms with van der Waals surface area (Å²) in [4.78, 5) is 24.9. The lowest BCUT2D eigenvalue weighted by molar-refractivity contribution is -0.140. The monoisotopic (exact) mass is 491 g/mol. The van der Waals surface area contributed by atoms with Crippen LogP contribution in [-0.2, 0) is 19.6 Å². The highest BCUT2D eigenvalue weighted by molar-refractivity contribution is 7.91. The smallest absolute Gasteiger partial charge is 0.338 e. The normalized spacial score (nSPS) is 20.0. The number of carbonyl (C=O) groups excluding carboxylic acids is 1. The Hall–Kier alpha value is -2.72. The van der Waals surface area contributed by atoms with Gasteiger partial charge in [0, 0.05) is 15.8 Å². The largest absolute Gasteiger partial charge is 0.480 e. The summed E-state index contributed by atoms with van der Waals surface area (Å²) in [6, 6.07) is 16.5. The second-order valence-electron chi connectivity index (χ2n) is 7.34. The number of ether oxygens (including phenoxy) is 1. The van der Waals surface area contributed by atoms with E-state index in [2.05, 4.69) is 4.72 Å². The van der Waals surface area contributed by atoms with E-state index in [9.17, 15) is 23.1 Å². The molecule has 0 unspecified atom stereocenters. The van der Waals surface area contributed by atoms with Gasteiger partial charge in [0.1, 0.15) is 9.75 Å². The minimum absolute atomic E-state index is 0.00465. The number of rotatable bonds is 7. The number of hydrogen-bond donors (Lipinski definition) is 2. The van der Waals surface area contributed by atoms with Gasteiger partial charge in [-0.25, -0.2) is 13.2 Å². The Labute approximate surface area is 193 Å². The number of benzene rings is 2. The van der Waals surface area contributed by atoms with Gasteiger partial charge in [0.25, 0.3) is 10.0 Å². The molecule has 1 aliphatic rings. The van der Waals surface area contributed by atoms with Gasteiger partial charge in [-0.1, -0.05) is 41.9 Å². The lowest BCUT2D eigenvalue weighted by atomic mass is 10.0. The highest BCUT2D eigenvalue weighted by atomic mass is 35.5. The zero-order valence-corrected chi connectivity index (χ0v) is 19.1. The fraction of sp³-hybridized carbons (Fsp3) is 0.182. The van der Waals surface area contributed by atoms with Crippen molar-refractivity contribution in [3.63, 3.8) is 0 Å².